The molecule has 0 amide bonds. The maximum absolute atomic E-state index is 9.80. The third-order valence-corrected chi connectivity index (χ3v) is 1.95. The van der Waals surface area contributed by atoms with Crippen LogP contribution in [0.2, 0.25) is 0 Å². The second-order valence-electron chi connectivity index (χ2n) is 3.27. The number of nitrogens with two attached hydrogens (primary N) is 1. The Balaban J connectivity index is 3.09. The molecule has 0 saturated heterocycles. The van der Waals surface area contributed by atoms with Gasteiger partial charge in [-0.3, -0.25) is 4.68 Å². The molecular formula is C8H15N3O. The Bertz CT molecular complexity index is 278. The highest BCUT2D eigenvalue weighted by Gasteiger charge is 2.24. The SMILES string of the molecule is Cc1cc(C(C)(O)CN)n(C)n1. The van der Waals surface area contributed by atoms with Crippen LogP contribution < -0.4 is 5.73 Å². The van der Waals surface area contributed by atoms with Crippen molar-refractivity contribution in [3.8, 4) is 0 Å². The highest BCUT2D eigenvalue weighted by atomic mass is 16.3. The van der Waals surface area contributed by atoms with E-state index in [0.717, 1.165) is 11.4 Å². The normalized spacial score (nSPS) is 16.1. The van der Waals surface area contributed by atoms with Gasteiger partial charge >= 0.3 is 0 Å². The van der Waals surface area contributed by atoms with Crippen molar-refractivity contribution in [2.75, 3.05) is 6.54 Å². The molecule has 0 saturated carbocycles. The van der Waals surface area contributed by atoms with Crippen LogP contribution in [-0.2, 0) is 12.6 Å². The standard InChI is InChI=1S/C8H15N3O/c1-6-4-7(11(3)10-6)8(2,12)5-9/h4,12H,5,9H2,1-3H3. The molecule has 0 aliphatic heterocycles. The van der Waals surface area contributed by atoms with E-state index in [9.17, 15) is 5.11 Å². The lowest BCUT2D eigenvalue weighted by atomic mass is 10.0. The molecule has 1 heterocycles. The molecule has 0 radical (unpaired) electrons. The van der Waals surface area contributed by atoms with E-state index in [1.165, 1.54) is 0 Å². The van der Waals surface area contributed by atoms with Crippen molar-refractivity contribution in [2.45, 2.75) is 19.4 Å². The van der Waals surface area contributed by atoms with Crippen molar-refractivity contribution in [3.05, 3.63) is 17.5 Å². The lowest BCUT2D eigenvalue weighted by molar-refractivity contribution is 0.0581. The molecule has 0 aliphatic rings. The lowest BCUT2D eigenvalue weighted by Crippen LogP contribution is -2.33. The lowest BCUT2D eigenvalue weighted by Gasteiger charge is -2.20. The predicted molar refractivity (Wildman–Crippen MR) is 46.6 cm³/mol. The first-order valence-corrected chi connectivity index (χ1v) is 3.91. The Morgan fingerprint density at radius 3 is 2.67 bits per heavy atom. The largest absolute Gasteiger partial charge is 0.383 e. The average molecular weight is 169 g/mol. The van der Waals surface area contributed by atoms with Crippen molar-refractivity contribution in [1.29, 1.82) is 0 Å². The summed E-state index contributed by atoms with van der Waals surface area (Å²) in [6.45, 7) is 3.77. The van der Waals surface area contributed by atoms with E-state index in [0.29, 0.717) is 0 Å². The predicted octanol–water partition coefficient (Wildman–Crippen LogP) is -0.105. The minimum absolute atomic E-state index is 0.200. The molecule has 0 fully saturated rings. The Hall–Kier alpha value is -0.870. The summed E-state index contributed by atoms with van der Waals surface area (Å²) in [6, 6.07) is 1.84. The zero-order valence-corrected chi connectivity index (χ0v) is 7.70. The van der Waals surface area contributed by atoms with Gasteiger partial charge in [-0.2, -0.15) is 5.10 Å². The number of aliphatic hydroxyl groups is 1. The summed E-state index contributed by atoms with van der Waals surface area (Å²) >= 11 is 0. The van der Waals surface area contributed by atoms with E-state index in [2.05, 4.69) is 5.10 Å². The van der Waals surface area contributed by atoms with Gasteiger partial charge in [0.15, 0.2) is 0 Å². The Kier molecular flexibility index (Phi) is 2.21. The molecule has 1 rings (SSSR count). The monoisotopic (exact) mass is 169 g/mol. The molecule has 1 unspecified atom stereocenters. The summed E-state index contributed by atoms with van der Waals surface area (Å²) in [5.41, 5.74) is 6.09. The summed E-state index contributed by atoms with van der Waals surface area (Å²) in [4.78, 5) is 0. The fourth-order valence-electron chi connectivity index (χ4n) is 1.22. The summed E-state index contributed by atoms with van der Waals surface area (Å²) in [7, 11) is 1.80. The van der Waals surface area contributed by atoms with Crippen LogP contribution in [-0.4, -0.2) is 21.4 Å². The quantitative estimate of drug-likeness (QED) is 0.649. The van der Waals surface area contributed by atoms with Gasteiger partial charge in [0.05, 0.1) is 11.4 Å². The first-order chi connectivity index (χ1) is 5.47. The molecule has 4 nitrogen and oxygen atoms in total. The smallest absolute Gasteiger partial charge is 0.115 e. The van der Waals surface area contributed by atoms with Gasteiger partial charge in [0.25, 0.3) is 0 Å². The van der Waals surface area contributed by atoms with Crippen LogP contribution in [0.3, 0.4) is 0 Å². The van der Waals surface area contributed by atoms with Gasteiger partial charge in [-0.1, -0.05) is 0 Å². The number of nitrogens with zero attached hydrogens (tertiary/aromatic N) is 2. The van der Waals surface area contributed by atoms with Crippen LogP contribution >= 0.6 is 0 Å². The molecule has 0 aromatic carbocycles. The van der Waals surface area contributed by atoms with Crippen molar-refractivity contribution >= 4 is 0 Å². The van der Waals surface area contributed by atoms with Gasteiger partial charge in [0.1, 0.15) is 5.60 Å². The van der Waals surface area contributed by atoms with E-state index in [1.807, 2.05) is 13.0 Å². The number of aromatic nitrogens is 2. The van der Waals surface area contributed by atoms with Crippen molar-refractivity contribution < 1.29 is 5.11 Å². The van der Waals surface area contributed by atoms with Crippen LogP contribution in [0.4, 0.5) is 0 Å². The van der Waals surface area contributed by atoms with Crippen molar-refractivity contribution in [1.82, 2.24) is 9.78 Å². The molecule has 1 aromatic rings. The third-order valence-electron chi connectivity index (χ3n) is 1.95. The Morgan fingerprint density at radius 1 is 1.75 bits per heavy atom. The topological polar surface area (TPSA) is 64.1 Å². The second-order valence-corrected chi connectivity index (χ2v) is 3.27. The maximum Gasteiger partial charge on any atom is 0.115 e. The van der Waals surface area contributed by atoms with Gasteiger partial charge in [0, 0.05) is 13.6 Å². The van der Waals surface area contributed by atoms with E-state index in [1.54, 1.807) is 18.7 Å². The molecule has 0 bridgehead atoms. The van der Waals surface area contributed by atoms with Crippen LogP contribution in [0.25, 0.3) is 0 Å². The minimum Gasteiger partial charge on any atom is -0.383 e. The maximum atomic E-state index is 9.80. The molecule has 68 valence electrons. The van der Waals surface area contributed by atoms with Crippen molar-refractivity contribution in [3.63, 3.8) is 0 Å². The van der Waals surface area contributed by atoms with Crippen LogP contribution in [0.1, 0.15) is 18.3 Å². The highest BCUT2D eigenvalue weighted by molar-refractivity contribution is 5.15. The summed E-state index contributed by atoms with van der Waals surface area (Å²) in [6.07, 6.45) is 0. The minimum atomic E-state index is -0.976. The molecule has 0 spiro atoms. The van der Waals surface area contributed by atoms with Gasteiger partial charge in [-0.25, -0.2) is 0 Å². The van der Waals surface area contributed by atoms with Gasteiger partial charge in [-0.05, 0) is 19.9 Å². The molecule has 0 aliphatic carbocycles. The second kappa shape index (κ2) is 2.88. The first kappa shape index (κ1) is 9.22. The number of rotatable bonds is 2. The fourth-order valence-corrected chi connectivity index (χ4v) is 1.22. The number of aryl methyl sites for hydroxylation is 2. The zero-order valence-electron chi connectivity index (χ0n) is 7.70. The molecular weight excluding hydrogens is 154 g/mol. The summed E-state index contributed by atoms with van der Waals surface area (Å²) in [5.74, 6) is 0. The van der Waals surface area contributed by atoms with Gasteiger partial charge in [0.2, 0.25) is 0 Å². The van der Waals surface area contributed by atoms with Crippen LogP contribution in [0.5, 0.6) is 0 Å². The fraction of sp³-hybridized carbons (Fsp3) is 0.625. The van der Waals surface area contributed by atoms with E-state index < -0.39 is 5.60 Å². The van der Waals surface area contributed by atoms with Crippen molar-refractivity contribution in [2.24, 2.45) is 12.8 Å². The summed E-state index contributed by atoms with van der Waals surface area (Å²) in [5, 5.41) is 13.9. The number of hydrogen-bond acceptors (Lipinski definition) is 3. The zero-order chi connectivity index (χ0) is 9.35. The third kappa shape index (κ3) is 1.49. The van der Waals surface area contributed by atoms with Gasteiger partial charge in [-0.15, -0.1) is 0 Å². The summed E-state index contributed by atoms with van der Waals surface area (Å²) < 4.78 is 1.65. The molecule has 4 heteroatoms. The molecule has 12 heavy (non-hydrogen) atoms. The average Bonchev–Trinajstić information content (AvgIpc) is 2.31. The number of hydrogen-bond donors (Lipinski definition) is 2. The highest BCUT2D eigenvalue weighted by Crippen LogP contribution is 2.18. The molecule has 1 aromatic heterocycles. The van der Waals surface area contributed by atoms with Crippen LogP contribution in [0, 0.1) is 6.92 Å². The van der Waals surface area contributed by atoms with E-state index in [-0.39, 0.29) is 6.54 Å². The first-order valence-electron chi connectivity index (χ1n) is 3.91. The van der Waals surface area contributed by atoms with E-state index >= 15 is 0 Å². The molecule has 3 N–H and O–H groups in total. The van der Waals surface area contributed by atoms with Gasteiger partial charge < -0.3 is 10.8 Å². The van der Waals surface area contributed by atoms with E-state index in [4.69, 9.17) is 5.73 Å². The Morgan fingerprint density at radius 2 is 2.33 bits per heavy atom. The Labute approximate surface area is 72.0 Å². The van der Waals surface area contributed by atoms with Crippen LogP contribution in [0.15, 0.2) is 6.07 Å². The molecule has 1 atom stereocenters.